The summed E-state index contributed by atoms with van der Waals surface area (Å²) < 4.78 is 9.92. The van der Waals surface area contributed by atoms with E-state index in [-0.39, 0.29) is 0 Å². The quantitative estimate of drug-likeness (QED) is 0.589. The van der Waals surface area contributed by atoms with Crippen molar-refractivity contribution in [3.8, 4) is 5.75 Å². The van der Waals surface area contributed by atoms with E-state index in [9.17, 15) is 9.59 Å². The molecule has 1 rings (SSSR count). The van der Waals surface area contributed by atoms with Crippen molar-refractivity contribution in [2.75, 3.05) is 32.7 Å². The molecule has 0 fully saturated rings. The maximum Gasteiger partial charge on any atom is 0.313 e. The van der Waals surface area contributed by atoms with Crippen molar-refractivity contribution >= 4 is 17.5 Å². The molecule has 0 spiro atoms. The standard InChI is InChI=1S/C13H18N2O4/c1-18-9-5-8-14-12(16)13(17)15-10-6-3-4-7-11(10)19-2/h3-4,6-7H,5,8-9H2,1-2H3,(H,14,16)(H,15,17). The fourth-order valence-corrected chi connectivity index (χ4v) is 1.43. The summed E-state index contributed by atoms with van der Waals surface area (Å²) >= 11 is 0. The second-order valence-electron chi connectivity index (χ2n) is 3.76. The van der Waals surface area contributed by atoms with E-state index in [2.05, 4.69) is 10.6 Å². The monoisotopic (exact) mass is 266 g/mol. The highest BCUT2D eigenvalue weighted by Gasteiger charge is 2.14. The van der Waals surface area contributed by atoms with Gasteiger partial charge in [0.2, 0.25) is 0 Å². The van der Waals surface area contributed by atoms with E-state index < -0.39 is 11.8 Å². The Kier molecular flexibility index (Phi) is 6.38. The fourth-order valence-electron chi connectivity index (χ4n) is 1.43. The minimum atomic E-state index is -0.720. The molecule has 0 saturated heterocycles. The van der Waals surface area contributed by atoms with Crippen LogP contribution in [0.3, 0.4) is 0 Å². The highest BCUT2D eigenvalue weighted by Crippen LogP contribution is 2.22. The first-order valence-electron chi connectivity index (χ1n) is 5.90. The fraction of sp³-hybridized carbons (Fsp3) is 0.385. The molecular formula is C13H18N2O4. The molecule has 0 aromatic heterocycles. The highest BCUT2D eigenvalue weighted by molar-refractivity contribution is 6.39. The van der Waals surface area contributed by atoms with Gasteiger partial charge in [0.1, 0.15) is 5.75 Å². The van der Waals surface area contributed by atoms with Crippen LogP contribution >= 0.6 is 0 Å². The molecule has 0 heterocycles. The second kappa shape index (κ2) is 8.10. The van der Waals surface area contributed by atoms with Crippen molar-refractivity contribution in [3.63, 3.8) is 0 Å². The van der Waals surface area contributed by atoms with Gasteiger partial charge < -0.3 is 20.1 Å². The van der Waals surface area contributed by atoms with Gasteiger partial charge in [-0.25, -0.2) is 0 Å². The van der Waals surface area contributed by atoms with Crippen LogP contribution in [0.2, 0.25) is 0 Å². The number of rotatable bonds is 6. The molecule has 0 unspecified atom stereocenters. The average molecular weight is 266 g/mol. The Labute approximate surface area is 112 Å². The third-order valence-electron chi connectivity index (χ3n) is 2.37. The average Bonchev–Trinajstić information content (AvgIpc) is 2.44. The zero-order valence-corrected chi connectivity index (χ0v) is 11.1. The summed E-state index contributed by atoms with van der Waals surface area (Å²) in [5.41, 5.74) is 0.460. The van der Waals surface area contributed by atoms with E-state index >= 15 is 0 Å². The topological polar surface area (TPSA) is 76.7 Å². The first-order valence-corrected chi connectivity index (χ1v) is 5.90. The number of para-hydroxylation sites is 2. The minimum absolute atomic E-state index is 0.395. The molecule has 104 valence electrons. The number of carbonyl (C=O) groups is 2. The van der Waals surface area contributed by atoms with Gasteiger partial charge in [-0.2, -0.15) is 0 Å². The summed E-state index contributed by atoms with van der Waals surface area (Å²) in [5.74, 6) is -0.896. The molecule has 0 aliphatic rings. The van der Waals surface area contributed by atoms with Crippen molar-refractivity contribution in [2.24, 2.45) is 0 Å². The molecule has 2 amide bonds. The van der Waals surface area contributed by atoms with Gasteiger partial charge in [-0.05, 0) is 18.6 Å². The Balaban J connectivity index is 2.47. The van der Waals surface area contributed by atoms with Crippen LogP contribution in [0.1, 0.15) is 6.42 Å². The Morgan fingerprint density at radius 1 is 1.16 bits per heavy atom. The van der Waals surface area contributed by atoms with Crippen molar-refractivity contribution in [1.29, 1.82) is 0 Å². The molecule has 0 saturated carbocycles. The van der Waals surface area contributed by atoms with E-state index in [0.29, 0.717) is 31.0 Å². The number of carbonyl (C=O) groups excluding carboxylic acids is 2. The number of methoxy groups -OCH3 is 2. The lowest BCUT2D eigenvalue weighted by Gasteiger charge is -2.09. The zero-order valence-electron chi connectivity index (χ0n) is 11.1. The van der Waals surface area contributed by atoms with Crippen LogP contribution in [0.25, 0.3) is 0 Å². The minimum Gasteiger partial charge on any atom is -0.495 e. The smallest absolute Gasteiger partial charge is 0.313 e. The Morgan fingerprint density at radius 2 is 1.89 bits per heavy atom. The maximum absolute atomic E-state index is 11.6. The number of hydrogen-bond acceptors (Lipinski definition) is 4. The summed E-state index contributed by atoms with van der Waals surface area (Å²) in [6.45, 7) is 0.931. The van der Waals surface area contributed by atoms with E-state index in [1.54, 1.807) is 31.4 Å². The Morgan fingerprint density at radius 3 is 2.58 bits per heavy atom. The third kappa shape index (κ3) is 4.97. The van der Waals surface area contributed by atoms with Crippen molar-refractivity contribution in [3.05, 3.63) is 24.3 Å². The van der Waals surface area contributed by atoms with E-state index in [4.69, 9.17) is 9.47 Å². The molecule has 6 heteroatoms. The molecule has 0 aliphatic carbocycles. The van der Waals surface area contributed by atoms with Crippen LogP contribution in [0, 0.1) is 0 Å². The summed E-state index contributed by atoms with van der Waals surface area (Å²) in [5, 5.41) is 5.00. The molecule has 19 heavy (non-hydrogen) atoms. The third-order valence-corrected chi connectivity index (χ3v) is 2.37. The van der Waals surface area contributed by atoms with E-state index in [0.717, 1.165) is 0 Å². The largest absolute Gasteiger partial charge is 0.495 e. The van der Waals surface area contributed by atoms with Crippen LogP contribution in [0.5, 0.6) is 5.75 Å². The normalized spacial score (nSPS) is 9.79. The summed E-state index contributed by atoms with van der Waals surface area (Å²) in [6, 6.07) is 6.88. The number of benzene rings is 1. The lowest BCUT2D eigenvalue weighted by Crippen LogP contribution is -2.36. The molecule has 0 atom stereocenters. The molecule has 1 aromatic carbocycles. The van der Waals surface area contributed by atoms with Gasteiger partial charge in [-0.15, -0.1) is 0 Å². The molecular weight excluding hydrogens is 248 g/mol. The van der Waals surface area contributed by atoms with Gasteiger partial charge in [0.25, 0.3) is 0 Å². The predicted octanol–water partition coefficient (Wildman–Crippen LogP) is 0.786. The van der Waals surface area contributed by atoms with Gasteiger partial charge >= 0.3 is 11.8 Å². The van der Waals surface area contributed by atoms with Crippen molar-refractivity contribution in [1.82, 2.24) is 5.32 Å². The zero-order chi connectivity index (χ0) is 14.1. The maximum atomic E-state index is 11.6. The number of nitrogens with one attached hydrogen (secondary N) is 2. The first-order chi connectivity index (χ1) is 9.19. The summed E-state index contributed by atoms with van der Waals surface area (Å²) in [7, 11) is 3.08. The number of ether oxygens (including phenoxy) is 2. The molecule has 6 nitrogen and oxygen atoms in total. The summed E-state index contributed by atoms with van der Waals surface area (Å²) in [6.07, 6.45) is 0.657. The molecule has 2 N–H and O–H groups in total. The van der Waals surface area contributed by atoms with Crippen LogP contribution in [-0.4, -0.2) is 39.2 Å². The molecule has 0 bridgehead atoms. The van der Waals surface area contributed by atoms with Crippen LogP contribution in [-0.2, 0) is 14.3 Å². The number of hydrogen-bond donors (Lipinski definition) is 2. The van der Waals surface area contributed by atoms with Crippen molar-refractivity contribution in [2.45, 2.75) is 6.42 Å². The van der Waals surface area contributed by atoms with Gasteiger partial charge in [0.05, 0.1) is 12.8 Å². The van der Waals surface area contributed by atoms with Crippen LogP contribution in [0.4, 0.5) is 5.69 Å². The first kappa shape index (κ1) is 15.0. The van der Waals surface area contributed by atoms with Gasteiger partial charge in [0, 0.05) is 20.3 Å². The molecule has 1 aromatic rings. The summed E-state index contributed by atoms with van der Waals surface area (Å²) in [4.78, 5) is 23.1. The lowest BCUT2D eigenvalue weighted by molar-refractivity contribution is -0.136. The van der Waals surface area contributed by atoms with Gasteiger partial charge in [-0.1, -0.05) is 12.1 Å². The highest BCUT2D eigenvalue weighted by atomic mass is 16.5. The van der Waals surface area contributed by atoms with Crippen LogP contribution in [0.15, 0.2) is 24.3 Å². The SMILES string of the molecule is COCCCNC(=O)C(=O)Nc1ccccc1OC. The van der Waals surface area contributed by atoms with Gasteiger partial charge in [-0.3, -0.25) is 9.59 Å². The lowest BCUT2D eigenvalue weighted by atomic mass is 10.3. The van der Waals surface area contributed by atoms with E-state index in [1.165, 1.54) is 7.11 Å². The van der Waals surface area contributed by atoms with Gasteiger partial charge in [0.15, 0.2) is 0 Å². The van der Waals surface area contributed by atoms with Crippen molar-refractivity contribution < 1.29 is 19.1 Å². The second-order valence-corrected chi connectivity index (χ2v) is 3.76. The van der Waals surface area contributed by atoms with E-state index in [1.807, 2.05) is 0 Å². The Hall–Kier alpha value is -2.08. The molecule has 0 aliphatic heterocycles. The number of amides is 2. The Bertz CT molecular complexity index is 434. The number of anilines is 1. The predicted molar refractivity (Wildman–Crippen MR) is 71.1 cm³/mol. The van der Waals surface area contributed by atoms with Crippen LogP contribution < -0.4 is 15.4 Å². The molecule has 0 radical (unpaired) electrons.